The number of anilines is 1. The van der Waals surface area contributed by atoms with E-state index in [0.717, 1.165) is 24.5 Å². The molecule has 0 aliphatic carbocycles. The Balaban J connectivity index is 1.60. The molecule has 1 amide bonds. The highest BCUT2D eigenvalue weighted by Crippen LogP contribution is 2.29. The first-order valence-corrected chi connectivity index (χ1v) is 8.14. The van der Waals surface area contributed by atoms with Crippen LogP contribution in [0.25, 0.3) is 0 Å². The van der Waals surface area contributed by atoms with Gasteiger partial charge in [0.05, 0.1) is 5.56 Å². The maximum Gasteiger partial charge on any atom is 0.433 e. The fourth-order valence-corrected chi connectivity index (χ4v) is 2.86. The van der Waals surface area contributed by atoms with Crippen molar-refractivity contribution in [1.29, 1.82) is 0 Å². The lowest BCUT2D eigenvalue weighted by Gasteiger charge is -2.33. The van der Waals surface area contributed by atoms with Crippen LogP contribution in [-0.4, -0.2) is 35.0 Å². The van der Waals surface area contributed by atoms with Crippen molar-refractivity contribution in [1.82, 2.24) is 15.3 Å². The third-order valence-electron chi connectivity index (χ3n) is 4.27. The van der Waals surface area contributed by atoms with E-state index in [-0.39, 0.29) is 17.4 Å². The van der Waals surface area contributed by atoms with Crippen molar-refractivity contribution < 1.29 is 26.7 Å². The van der Waals surface area contributed by atoms with Crippen LogP contribution in [0.4, 0.5) is 27.8 Å². The number of carbonyl (C=O) groups is 1. The largest absolute Gasteiger partial charge is 0.433 e. The van der Waals surface area contributed by atoms with Gasteiger partial charge in [-0.05, 0) is 25.0 Å². The van der Waals surface area contributed by atoms with Gasteiger partial charge < -0.3 is 10.2 Å². The van der Waals surface area contributed by atoms with E-state index in [1.54, 1.807) is 4.90 Å². The Morgan fingerprint density at radius 2 is 1.81 bits per heavy atom. The first-order chi connectivity index (χ1) is 12.7. The summed E-state index contributed by atoms with van der Waals surface area (Å²) in [6.45, 7) is 0.732. The van der Waals surface area contributed by atoms with Gasteiger partial charge in [-0.1, -0.05) is 0 Å². The molecule has 1 saturated heterocycles. The number of alkyl halides is 3. The molecule has 2 aromatic rings. The van der Waals surface area contributed by atoms with E-state index < -0.39 is 29.4 Å². The number of nitrogens with zero attached hydrogens (tertiary/aromatic N) is 3. The van der Waals surface area contributed by atoms with Gasteiger partial charge in [-0.2, -0.15) is 13.2 Å². The molecule has 0 atom stereocenters. The number of piperidine rings is 1. The van der Waals surface area contributed by atoms with Gasteiger partial charge >= 0.3 is 6.18 Å². The van der Waals surface area contributed by atoms with Crippen LogP contribution in [0.2, 0.25) is 0 Å². The highest BCUT2D eigenvalue weighted by atomic mass is 19.4. The predicted octanol–water partition coefficient (Wildman–Crippen LogP) is 3.17. The summed E-state index contributed by atoms with van der Waals surface area (Å²) < 4.78 is 64.8. The maximum absolute atomic E-state index is 13.7. The maximum atomic E-state index is 13.7. The molecule has 1 aromatic carbocycles. The summed E-state index contributed by atoms with van der Waals surface area (Å²) >= 11 is 0. The normalized spacial score (nSPS) is 15.7. The van der Waals surface area contributed by atoms with E-state index in [0.29, 0.717) is 32.0 Å². The third kappa shape index (κ3) is 4.50. The number of rotatable bonds is 3. The highest BCUT2D eigenvalue weighted by Gasteiger charge is 2.33. The van der Waals surface area contributed by atoms with E-state index in [1.807, 2.05) is 0 Å². The fourth-order valence-electron chi connectivity index (χ4n) is 2.86. The molecule has 27 heavy (non-hydrogen) atoms. The zero-order chi connectivity index (χ0) is 19.6. The minimum absolute atomic E-state index is 0.159. The molecule has 2 heterocycles. The first-order valence-electron chi connectivity index (χ1n) is 8.14. The van der Waals surface area contributed by atoms with Crippen LogP contribution in [-0.2, 0) is 6.18 Å². The van der Waals surface area contributed by atoms with Crippen molar-refractivity contribution in [2.45, 2.75) is 25.1 Å². The summed E-state index contributed by atoms with van der Waals surface area (Å²) in [7, 11) is 0. The zero-order valence-corrected chi connectivity index (χ0v) is 13.9. The van der Waals surface area contributed by atoms with Crippen molar-refractivity contribution in [3.8, 4) is 0 Å². The third-order valence-corrected chi connectivity index (χ3v) is 4.27. The van der Waals surface area contributed by atoms with Crippen LogP contribution in [0, 0.1) is 11.6 Å². The van der Waals surface area contributed by atoms with Crippen LogP contribution in [0.3, 0.4) is 0 Å². The lowest BCUT2D eigenvalue weighted by Crippen LogP contribution is -2.45. The molecule has 1 fully saturated rings. The van der Waals surface area contributed by atoms with Crippen LogP contribution in [0.15, 0.2) is 30.6 Å². The Hall–Kier alpha value is -2.78. The Morgan fingerprint density at radius 1 is 1.11 bits per heavy atom. The van der Waals surface area contributed by atoms with Crippen molar-refractivity contribution in [2.75, 3.05) is 18.0 Å². The molecule has 0 unspecified atom stereocenters. The summed E-state index contributed by atoms with van der Waals surface area (Å²) in [4.78, 5) is 20.9. The quantitative estimate of drug-likeness (QED) is 0.824. The molecule has 1 aliphatic heterocycles. The predicted molar refractivity (Wildman–Crippen MR) is 86.1 cm³/mol. The Bertz CT molecular complexity index is 834. The first kappa shape index (κ1) is 19.0. The summed E-state index contributed by atoms with van der Waals surface area (Å²) in [5.41, 5.74) is -1.28. The Morgan fingerprint density at radius 3 is 2.44 bits per heavy atom. The molecule has 1 aliphatic rings. The number of benzene rings is 1. The van der Waals surface area contributed by atoms with Crippen molar-refractivity contribution in [3.05, 3.63) is 53.5 Å². The molecular formula is C17H15F5N4O. The van der Waals surface area contributed by atoms with E-state index in [4.69, 9.17) is 0 Å². The summed E-state index contributed by atoms with van der Waals surface area (Å²) in [5, 5.41) is 2.66. The molecule has 144 valence electrons. The van der Waals surface area contributed by atoms with Crippen LogP contribution in [0.5, 0.6) is 0 Å². The van der Waals surface area contributed by atoms with Gasteiger partial charge in [-0.15, -0.1) is 0 Å². The molecule has 0 radical (unpaired) electrons. The van der Waals surface area contributed by atoms with Crippen molar-refractivity contribution in [2.24, 2.45) is 0 Å². The van der Waals surface area contributed by atoms with Crippen LogP contribution in [0.1, 0.15) is 28.9 Å². The number of hydrogen-bond donors (Lipinski definition) is 1. The molecule has 0 spiro atoms. The molecule has 3 rings (SSSR count). The molecule has 0 saturated carbocycles. The molecule has 1 N–H and O–H groups in total. The van der Waals surface area contributed by atoms with Gasteiger partial charge in [-0.3, -0.25) is 4.79 Å². The summed E-state index contributed by atoms with van der Waals surface area (Å²) in [6, 6.07) is 3.29. The second-order valence-electron chi connectivity index (χ2n) is 6.12. The SMILES string of the molecule is O=C(NC1CCN(c2cc(C(F)(F)F)ncn2)CC1)c1ccc(F)cc1F. The van der Waals surface area contributed by atoms with Crippen LogP contribution >= 0.6 is 0 Å². The van der Waals surface area contributed by atoms with Crippen LogP contribution < -0.4 is 10.2 Å². The van der Waals surface area contributed by atoms with Crippen molar-refractivity contribution >= 4 is 11.7 Å². The molecule has 10 heteroatoms. The molecule has 0 bridgehead atoms. The summed E-state index contributed by atoms with van der Waals surface area (Å²) in [6.07, 6.45) is -2.80. The lowest BCUT2D eigenvalue weighted by molar-refractivity contribution is -0.141. The van der Waals surface area contributed by atoms with Gasteiger partial charge in [0.2, 0.25) is 0 Å². The standard InChI is InChI=1S/C17H15F5N4O/c18-10-1-2-12(13(19)7-10)16(27)25-11-3-5-26(6-4-11)15-8-14(17(20,21)22)23-9-24-15/h1-2,7-9,11H,3-6H2,(H,25,27). The second kappa shape index (κ2) is 7.45. The fraction of sp³-hybridized carbons (Fsp3) is 0.353. The summed E-state index contributed by atoms with van der Waals surface area (Å²) in [5.74, 6) is -2.23. The van der Waals surface area contributed by atoms with E-state index in [2.05, 4.69) is 15.3 Å². The number of hydrogen-bond acceptors (Lipinski definition) is 4. The minimum atomic E-state index is -4.55. The topological polar surface area (TPSA) is 58.1 Å². The van der Waals surface area contributed by atoms with Gasteiger partial charge in [0, 0.05) is 31.3 Å². The molecular weight excluding hydrogens is 371 g/mol. The average molecular weight is 386 g/mol. The van der Waals surface area contributed by atoms with Gasteiger partial charge in [0.1, 0.15) is 29.5 Å². The number of aromatic nitrogens is 2. The molecule has 1 aromatic heterocycles. The van der Waals surface area contributed by atoms with E-state index in [1.165, 1.54) is 0 Å². The highest BCUT2D eigenvalue weighted by molar-refractivity contribution is 5.94. The van der Waals surface area contributed by atoms with Gasteiger partial charge in [-0.25, -0.2) is 18.7 Å². The number of amides is 1. The minimum Gasteiger partial charge on any atom is -0.356 e. The monoisotopic (exact) mass is 386 g/mol. The van der Waals surface area contributed by atoms with E-state index in [9.17, 15) is 26.7 Å². The lowest BCUT2D eigenvalue weighted by atomic mass is 10.0. The van der Waals surface area contributed by atoms with E-state index >= 15 is 0 Å². The van der Waals surface area contributed by atoms with Crippen molar-refractivity contribution in [3.63, 3.8) is 0 Å². The number of nitrogens with one attached hydrogen (secondary N) is 1. The second-order valence-corrected chi connectivity index (χ2v) is 6.12. The van der Waals surface area contributed by atoms with Gasteiger partial charge in [0.15, 0.2) is 0 Å². The van der Waals surface area contributed by atoms with Gasteiger partial charge in [0.25, 0.3) is 5.91 Å². The number of carbonyl (C=O) groups excluding carboxylic acids is 1. The smallest absolute Gasteiger partial charge is 0.356 e. The average Bonchev–Trinajstić information content (AvgIpc) is 2.61. The zero-order valence-electron chi connectivity index (χ0n) is 13.9. The number of halogens is 5. The Labute approximate surface area is 151 Å². The Kier molecular flexibility index (Phi) is 5.24. The molecule has 5 nitrogen and oxygen atoms in total.